The van der Waals surface area contributed by atoms with E-state index in [1.54, 1.807) is 11.3 Å². The number of hydrogen-bond donors (Lipinski definition) is 2. The Morgan fingerprint density at radius 1 is 1.17 bits per heavy atom. The highest BCUT2D eigenvalue weighted by atomic mass is 32.2. The van der Waals surface area contributed by atoms with Gasteiger partial charge in [0.25, 0.3) is 5.56 Å². The molecule has 2 aromatic rings. The maximum Gasteiger partial charge on any atom is 0.259 e. The summed E-state index contributed by atoms with van der Waals surface area (Å²) in [6.07, 6.45) is 9.38. The summed E-state index contributed by atoms with van der Waals surface area (Å²) in [5.74, 6) is 1.68. The van der Waals surface area contributed by atoms with Gasteiger partial charge in [-0.25, -0.2) is 4.98 Å². The van der Waals surface area contributed by atoms with Crippen LogP contribution in [0.25, 0.3) is 10.2 Å². The number of rotatable bonds is 8. The van der Waals surface area contributed by atoms with Gasteiger partial charge in [0.15, 0.2) is 0 Å². The summed E-state index contributed by atoms with van der Waals surface area (Å²) in [5, 5.41) is 3.80. The first kappa shape index (κ1) is 20.9. The number of aryl methyl sites for hydroxylation is 2. The van der Waals surface area contributed by atoms with Gasteiger partial charge < -0.3 is 15.2 Å². The smallest absolute Gasteiger partial charge is 0.259 e. The number of carbonyl (C=O) groups is 1. The molecule has 0 bridgehead atoms. The number of amides is 1. The van der Waals surface area contributed by atoms with Crippen molar-refractivity contribution in [2.75, 3.05) is 31.9 Å². The van der Waals surface area contributed by atoms with Crippen molar-refractivity contribution < 1.29 is 4.79 Å². The topological polar surface area (TPSA) is 78.1 Å². The van der Waals surface area contributed by atoms with E-state index in [1.165, 1.54) is 61.0 Å². The Bertz CT molecular complexity index is 902. The minimum atomic E-state index is -0.0211. The summed E-state index contributed by atoms with van der Waals surface area (Å²) in [4.78, 5) is 36.9. The zero-order chi connectivity index (χ0) is 20.1. The summed E-state index contributed by atoms with van der Waals surface area (Å²) >= 11 is 3.17. The fourth-order valence-electron chi connectivity index (χ4n) is 4.28. The van der Waals surface area contributed by atoms with Gasteiger partial charge >= 0.3 is 0 Å². The van der Waals surface area contributed by atoms with Gasteiger partial charge in [-0.3, -0.25) is 9.59 Å². The van der Waals surface area contributed by atoms with Crippen LogP contribution in [-0.2, 0) is 23.4 Å². The number of fused-ring (bicyclic) bond motifs is 3. The van der Waals surface area contributed by atoms with Gasteiger partial charge in [-0.1, -0.05) is 6.42 Å². The van der Waals surface area contributed by atoms with Crippen LogP contribution in [0, 0.1) is 0 Å². The van der Waals surface area contributed by atoms with E-state index >= 15 is 0 Å². The van der Waals surface area contributed by atoms with E-state index in [0.717, 1.165) is 49.0 Å². The normalized spacial score (nSPS) is 17.4. The molecule has 0 unspecified atom stereocenters. The second-order valence-electron chi connectivity index (χ2n) is 8.00. The van der Waals surface area contributed by atoms with Crippen molar-refractivity contribution in [2.24, 2.45) is 0 Å². The fraction of sp³-hybridized carbons (Fsp3) is 0.667. The lowest BCUT2D eigenvalue weighted by atomic mass is 9.97. The number of nitrogens with one attached hydrogen (secondary N) is 2. The minimum absolute atomic E-state index is 0.0211. The number of hydrogen-bond acceptors (Lipinski definition) is 6. The quantitative estimate of drug-likeness (QED) is 0.624. The summed E-state index contributed by atoms with van der Waals surface area (Å²) in [6, 6.07) is 0. The molecular formula is C21H30N4O2S2. The van der Waals surface area contributed by atoms with Gasteiger partial charge in [0.2, 0.25) is 5.91 Å². The van der Waals surface area contributed by atoms with Crippen molar-refractivity contribution in [1.82, 2.24) is 20.2 Å². The highest BCUT2D eigenvalue weighted by Crippen LogP contribution is 2.33. The molecule has 2 aromatic heterocycles. The number of H-pyrrole nitrogens is 1. The van der Waals surface area contributed by atoms with E-state index in [0.29, 0.717) is 17.3 Å². The van der Waals surface area contributed by atoms with Crippen LogP contribution >= 0.6 is 23.1 Å². The molecule has 1 saturated heterocycles. The molecule has 1 amide bonds. The van der Waals surface area contributed by atoms with E-state index in [4.69, 9.17) is 0 Å². The Hall–Kier alpha value is -1.38. The molecule has 1 aliphatic heterocycles. The Morgan fingerprint density at radius 3 is 2.86 bits per heavy atom. The average molecular weight is 435 g/mol. The van der Waals surface area contributed by atoms with Gasteiger partial charge in [-0.15, -0.1) is 23.1 Å². The van der Waals surface area contributed by atoms with Gasteiger partial charge in [-0.2, -0.15) is 0 Å². The molecule has 4 rings (SSSR count). The van der Waals surface area contributed by atoms with E-state index in [-0.39, 0.29) is 11.5 Å². The molecule has 2 N–H and O–H groups in total. The van der Waals surface area contributed by atoms with Gasteiger partial charge in [0.05, 0.1) is 16.9 Å². The Morgan fingerprint density at radius 2 is 2.00 bits per heavy atom. The van der Waals surface area contributed by atoms with Crippen molar-refractivity contribution in [3.63, 3.8) is 0 Å². The fourth-order valence-corrected chi connectivity index (χ4v) is 6.28. The van der Waals surface area contributed by atoms with Crippen molar-refractivity contribution in [3.8, 4) is 0 Å². The number of aromatic amines is 1. The summed E-state index contributed by atoms with van der Waals surface area (Å²) in [7, 11) is 0. The predicted molar refractivity (Wildman–Crippen MR) is 121 cm³/mol. The molecule has 0 atom stereocenters. The van der Waals surface area contributed by atoms with E-state index in [1.807, 2.05) is 0 Å². The number of aromatic nitrogens is 2. The SMILES string of the molecule is O=C(CSCc1nc2sc3c(c2c(=O)[nH]1)CCCC3)NCCCN1CCCCC1. The number of likely N-dealkylation sites (tertiary alicyclic amines) is 1. The van der Waals surface area contributed by atoms with E-state index < -0.39 is 0 Å². The van der Waals surface area contributed by atoms with Crippen LogP contribution in [0.3, 0.4) is 0 Å². The third-order valence-corrected chi connectivity index (χ3v) is 7.90. The molecule has 0 aromatic carbocycles. The Balaban J connectivity index is 1.21. The van der Waals surface area contributed by atoms with Crippen LogP contribution in [0.1, 0.15) is 54.8 Å². The first-order valence-electron chi connectivity index (χ1n) is 10.8. The van der Waals surface area contributed by atoms with Crippen LogP contribution < -0.4 is 10.9 Å². The number of thiophene rings is 1. The number of piperidine rings is 1. The van der Waals surface area contributed by atoms with Crippen molar-refractivity contribution >= 4 is 39.2 Å². The molecule has 8 heteroatoms. The second kappa shape index (κ2) is 10.1. The molecule has 0 spiro atoms. The highest BCUT2D eigenvalue weighted by Gasteiger charge is 2.19. The molecule has 0 radical (unpaired) electrons. The van der Waals surface area contributed by atoms with Gasteiger partial charge in [0.1, 0.15) is 10.7 Å². The lowest BCUT2D eigenvalue weighted by molar-refractivity contribution is -0.118. The molecule has 29 heavy (non-hydrogen) atoms. The Labute approximate surface area is 179 Å². The largest absolute Gasteiger partial charge is 0.355 e. The third kappa shape index (κ3) is 5.41. The predicted octanol–water partition coefficient (Wildman–Crippen LogP) is 3.09. The molecule has 0 saturated carbocycles. The summed E-state index contributed by atoms with van der Waals surface area (Å²) < 4.78 is 0. The van der Waals surface area contributed by atoms with E-state index in [9.17, 15) is 9.59 Å². The van der Waals surface area contributed by atoms with Crippen LogP contribution in [0.4, 0.5) is 0 Å². The van der Waals surface area contributed by atoms with Crippen molar-refractivity contribution in [2.45, 2.75) is 57.1 Å². The lowest BCUT2D eigenvalue weighted by Gasteiger charge is -2.26. The molecule has 6 nitrogen and oxygen atoms in total. The standard InChI is InChI=1S/C21H30N4O2S2/c26-18(22-9-6-12-25-10-4-1-5-11-25)14-28-13-17-23-20(27)19-15-7-2-3-8-16(15)29-21(19)24-17/h1-14H2,(H,22,26)(H,23,24,27). The summed E-state index contributed by atoms with van der Waals surface area (Å²) in [6.45, 7) is 4.21. The van der Waals surface area contributed by atoms with Crippen LogP contribution in [0.5, 0.6) is 0 Å². The third-order valence-electron chi connectivity index (χ3n) is 5.77. The highest BCUT2D eigenvalue weighted by molar-refractivity contribution is 7.99. The summed E-state index contributed by atoms with van der Waals surface area (Å²) in [5.41, 5.74) is 1.19. The molecular weight excluding hydrogens is 404 g/mol. The molecule has 1 aliphatic carbocycles. The number of nitrogens with zero attached hydrogens (tertiary/aromatic N) is 2. The first-order chi connectivity index (χ1) is 14.2. The van der Waals surface area contributed by atoms with Gasteiger partial charge in [0, 0.05) is 11.4 Å². The minimum Gasteiger partial charge on any atom is -0.355 e. The van der Waals surface area contributed by atoms with Crippen LogP contribution in [0.2, 0.25) is 0 Å². The molecule has 1 fully saturated rings. The monoisotopic (exact) mass is 434 g/mol. The van der Waals surface area contributed by atoms with Crippen molar-refractivity contribution in [1.29, 1.82) is 0 Å². The number of carbonyl (C=O) groups excluding carboxylic acids is 1. The van der Waals surface area contributed by atoms with Crippen LogP contribution in [-0.4, -0.2) is 52.7 Å². The number of thioether (sulfide) groups is 1. The zero-order valence-electron chi connectivity index (χ0n) is 16.9. The van der Waals surface area contributed by atoms with Crippen LogP contribution in [0.15, 0.2) is 4.79 Å². The van der Waals surface area contributed by atoms with Crippen molar-refractivity contribution in [3.05, 3.63) is 26.6 Å². The second-order valence-corrected chi connectivity index (χ2v) is 10.1. The van der Waals surface area contributed by atoms with Gasteiger partial charge in [-0.05, 0) is 70.1 Å². The maximum absolute atomic E-state index is 12.6. The molecule has 158 valence electrons. The first-order valence-corrected chi connectivity index (χ1v) is 12.8. The molecule has 2 aliphatic rings. The lowest BCUT2D eigenvalue weighted by Crippen LogP contribution is -2.33. The zero-order valence-corrected chi connectivity index (χ0v) is 18.6. The average Bonchev–Trinajstić information content (AvgIpc) is 3.11. The maximum atomic E-state index is 12.6. The Kier molecular flexibility index (Phi) is 7.26. The van der Waals surface area contributed by atoms with E-state index in [2.05, 4.69) is 20.2 Å². The molecule has 3 heterocycles.